The highest BCUT2D eigenvalue weighted by Crippen LogP contribution is 2.15. The lowest BCUT2D eigenvalue weighted by Gasteiger charge is -2.01. The maximum atomic E-state index is 10.4. The summed E-state index contributed by atoms with van der Waals surface area (Å²) in [5.74, 6) is 0.362. The van der Waals surface area contributed by atoms with Crippen LogP contribution in [0.15, 0.2) is 29.4 Å². The van der Waals surface area contributed by atoms with Crippen molar-refractivity contribution in [2.24, 2.45) is 11.0 Å². The lowest BCUT2D eigenvalue weighted by Crippen LogP contribution is -2.02. The normalized spacial score (nSPS) is 19.6. The molecular formula is C11H13N3O3. The summed E-state index contributed by atoms with van der Waals surface area (Å²) in [6.45, 7) is 1.50. The number of non-ortho nitro benzene ring substituents is 1. The van der Waals surface area contributed by atoms with Gasteiger partial charge in [-0.1, -0.05) is 0 Å². The highest BCUT2D eigenvalue weighted by atomic mass is 16.6. The van der Waals surface area contributed by atoms with Crippen molar-refractivity contribution in [3.63, 3.8) is 0 Å². The number of hydrazone groups is 1. The van der Waals surface area contributed by atoms with E-state index in [4.69, 9.17) is 4.74 Å². The van der Waals surface area contributed by atoms with Crippen molar-refractivity contribution >= 4 is 17.6 Å². The minimum Gasteiger partial charge on any atom is -0.381 e. The maximum absolute atomic E-state index is 10.4. The van der Waals surface area contributed by atoms with Crippen molar-refractivity contribution in [3.8, 4) is 0 Å². The van der Waals surface area contributed by atoms with Crippen LogP contribution in [-0.4, -0.2) is 24.4 Å². The molecule has 17 heavy (non-hydrogen) atoms. The lowest BCUT2D eigenvalue weighted by atomic mass is 10.1. The van der Waals surface area contributed by atoms with Crippen LogP contribution in [0.3, 0.4) is 0 Å². The number of anilines is 1. The summed E-state index contributed by atoms with van der Waals surface area (Å²) in [5.41, 5.74) is 3.63. The second-order valence-electron chi connectivity index (χ2n) is 3.82. The molecule has 1 aliphatic heterocycles. The molecule has 1 atom stereocenters. The summed E-state index contributed by atoms with van der Waals surface area (Å²) in [4.78, 5) is 10.0. The molecule has 1 aliphatic rings. The molecule has 0 spiro atoms. The molecule has 90 valence electrons. The Hall–Kier alpha value is -1.95. The standard InChI is InChI=1S/C11H13N3O3/c15-14(16)11-3-1-10(2-4-11)13-12-7-9-5-6-17-8-9/h1-4,7,9,13H,5-6,8H2/b12-7+. The molecule has 1 fully saturated rings. The third kappa shape index (κ3) is 3.25. The molecule has 0 aromatic heterocycles. The monoisotopic (exact) mass is 235 g/mol. The molecule has 0 aliphatic carbocycles. The molecule has 0 amide bonds. The number of nitrogens with one attached hydrogen (secondary N) is 1. The van der Waals surface area contributed by atoms with Gasteiger partial charge in [-0.15, -0.1) is 0 Å². The van der Waals surface area contributed by atoms with Gasteiger partial charge < -0.3 is 4.74 Å². The number of benzene rings is 1. The van der Waals surface area contributed by atoms with Crippen molar-refractivity contribution in [2.75, 3.05) is 18.6 Å². The van der Waals surface area contributed by atoms with E-state index in [9.17, 15) is 10.1 Å². The van der Waals surface area contributed by atoms with Crippen LogP contribution in [0.4, 0.5) is 11.4 Å². The molecular weight excluding hydrogens is 222 g/mol. The molecule has 2 rings (SSSR count). The fourth-order valence-electron chi connectivity index (χ4n) is 1.55. The predicted molar refractivity (Wildman–Crippen MR) is 64.1 cm³/mol. The highest BCUT2D eigenvalue weighted by Gasteiger charge is 2.12. The highest BCUT2D eigenvalue weighted by molar-refractivity contribution is 5.63. The molecule has 1 saturated heterocycles. The largest absolute Gasteiger partial charge is 0.381 e. The molecule has 0 radical (unpaired) electrons. The SMILES string of the molecule is O=[N+]([O-])c1ccc(N/N=C/C2CCOC2)cc1. The number of nitro groups is 1. The summed E-state index contributed by atoms with van der Waals surface area (Å²) in [6.07, 6.45) is 2.81. The number of hydrogen-bond donors (Lipinski definition) is 1. The van der Waals surface area contributed by atoms with E-state index in [1.165, 1.54) is 12.1 Å². The van der Waals surface area contributed by atoms with Crippen molar-refractivity contribution in [1.82, 2.24) is 0 Å². The molecule has 1 aromatic rings. The first-order valence-electron chi connectivity index (χ1n) is 5.37. The maximum Gasteiger partial charge on any atom is 0.269 e. The second kappa shape index (κ2) is 5.40. The Bertz CT molecular complexity index is 410. The van der Waals surface area contributed by atoms with Crippen LogP contribution in [0.5, 0.6) is 0 Å². The number of ether oxygens (including phenoxy) is 1. The van der Waals surface area contributed by atoms with Crippen LogP contribution in [-0.2, 0) is 4.74 Å². The van der Waals surface area contributed by atoms with Gasteiger partial charge in [-0.3, -0.25) is 15.5 Å². The Morgan fingerprint density at radius 2 is 2.24 bits per heavy atom. The number of rotatable bonds is 4. The number of hydrogen-bond acceptors (Lipinski definition) is 5. The lowest BCUT2D eigenvalue weighted by molar-refractivity contribution is -0.384. The zero-order chi connectivity index (χ0) is 12.1. The van der Waals surface area contributed by atoms with Gasteiger partial charge in [-0.2, -0.15) is 5.10 Å². The summed E-state index contributed by atoms with van der Waals surface area (Å²) < 4.78 is 5.21. The molecule has 1 aromatic carbocycles. The smallest absolute Gasteiger partial charge is 0.269 e. The summed E-state index contributed by atoms with van der Waals surface area (Å²) in [5, 5.41) is 14.5. The Morgan fingerprint density at radius 1 is 1.47 bits per heavy atom. The van der Waals surface area contributed by atoms with Crippen LogP contribution in [0.25, 0.3) is 0 Å². The van der Waals surface area contributed by atoms with Gasteiger partial charge in [0, 0.05) is 30.9 Å². The topological polar surface area (TPSA) is 76.8 Å². The van der Waals surface area contributed by atoms with Gasteiger partial charge in [0.2, 0.25) is 0 Å². The average Bonchev–Trinajstić information content (AvgIpc) is 2.83. The quantitative estimate of drug-likeness (QED) is 0.492. The van der Waals surface area contributed by atoms with Crippen molar-refractivity contribution in [1.29, 1.82) is 0 Å². The summed E-state index contributed by atoms with van der Waals surface area (Å²) in [7, 11) is 0. The van der Waals surface area contributed by atoms with Crippen LogP contribution < -0.4 is 5.43 Å². The third-order valence-electron chi connectivity index (χ3n) is 2.52. The van der Waals surface area contributed by atoms with Crippen LogP contribution in [0, 0.1) is 16.0 Å². The molecule has 6 heteroatoms. The van der Waals surface area contributed by atoms with Crippen LogP contribution >= 0.6 is 0 Å². The Labute approximate surface area is 98.4 Å². The van der Waals surface area contributed by atoms with Crippen LogP contribution in [0.2, 0.25) is 0 Å². The van der Waals surface area contributed by atoms with E-state index in [-0.39, 0.29) is 5.69 Å². The second-order valence-corrected chi connectivity index (χ2v) is 3.82. The summed E-state index contributed by atoms with van der Waals surface area (Å²) >= 11 is 0. The molecule has 1 heterocycles. The first-order chi connectivity index (χ1) is 8.25. The summed E-state index contributed by atoms with van der Waals surface area (Å²) in [6, 6.07) is 6.13. The average molecular weight is 235 g/mol. The van der Waals surface area contributed by atoms with E-state index in [0.29, 0.717) is 12.5 Å². The molecule has 0 bridgehead atoms. The molecule has 1 unspecified atom stereocenters. The predicted octanol–water partition coefficient (Wildman–Crippen LogP) is 2.03. The first-order valence-corrected chi connectivity index (χ1v) is 5.37. The third-order valence-corrected chi connectivity index (χ3v) is 2.52. The molecule has 1 N–H and O–H groups in total. The molecule has 6 nitrogen and oxygen atoms in total. The van der Waals surface area contributed by atoms with Crippen LogP contribution in [0.1, 0.15) is 6.42 Å². The van der Waals surface area contributed by atoms with Gasteiger partial charge >= 0.3 is 0 Å². The van der Waals surface area contributed by atoms with E-state index < -0.39 is 4.92 Å². The van der Waals surface area contributed by atoms with Gasteiger partial charge in [0.15, 0.2) is 0 Å². The van der Waals surface area contributed by atoms with Gasteiger partial charge in [-0.25, -0.2) is 0 Å². The number of nitrogens with zero attached hydrogens (tertiary/aromatic N) is 2. The van der Waals surface area contributed by atoms with Crippen molar-refractivity contribution < 1.29 is 9.66 Å². The minimum absolute atomic E-state index is 0.0729. The van der Waals surface area contributed by atoms with E-state index in [1.807, 2.05) is 6.21 Å². The van der Waals surface area contributed by atoms with E-state index >= 15 is 0 Å². The zero-order valence-corrected chi connectivity index (χ0v) is 9.20. The van der Waals surface area contributed by atoms with E-state index in [0.717, 1.165) is 18.7 Å². The van der Waals surface area contributed by atoms with Gasteiger partial charge in [0.05, 0.1) is 17.2 Å². The first kappa shape index (κ1) is 11.5. The van der Waals surface area contributed by atoms with Gasteiger partial charge in [0.25, 0.3) is 5.69 Å². The molecule has 0 saturated carbocycles. The Kier molecular flexibility index (Phi) is 3.66. The zero-order valence-electron chi connectivity index (χ0n) is 9.20. The van der Waals surface area contributed by atoms with E-state index in [2.05, 4.69) is 10.5 Å². The Morgan fingerprint density at radius 3 is 2.82 bits per heavy atom. The minimum atomic E-state index is -0.428. The van der Waals surface area contributed by atoms with Crippen molar-refractivity contribution in [2.45, 2.75) is 6.42 Å². The fourth-order valence-corrected chi connectivity index (χ4v) is 1.55. The number of nitro benzene ring substituents is 1. The van der Waals surface area contributed by atoms with Gasteiger partial charge in [0.1, 0.15) is 0 Å². The van der Waals surface area contributed by atoms with E-state index in [1.54, 1.807) is 12.1 Å². The van der Waals surface area contributed by atoms with Gasteiger partial charge in [-0.05, 0) is 18.6 Å². The fraction of sp³-hybridized carbons (Fsp3) is 0.364. The van der Waals surface area contributed by atoms with Crippen molar-refractivity contribution in [3.05, 3.63) is 34.4 Å². The Balaban J connectivity index is 1.88.